The lowest BCUT2D eigenvalue weighted by Gasteiger charge is -2.22. The van der Waals surface area contributed by atoms with E-state index in [0.29, 0.717) is 24.7 Å². The number of benzene rings is 1. The molecule has 0 aliphatic carbocycles. The molecule has 0 amide bonds. The third-order valence-corrected chi connectivity index (χ3v) is 3.67. The Morgan fingerprint density at radius 3 is 2.89 bits per heavy atom. The average Bonchev–Trinajstić information content (AvgIpc) is 2.40. The predicted octanol–water partition coefficient (Wildman–Crippen LogP) is 3.46. The first-order valence-electron chi connectivity index (χ1n) is 6.93. The minimum absolute atomic E-state index is 0.319. The summed E-state index contributed by atoms with van der Waals surface area (Å²) in [5.41, 5.74) is 2.37. The molecule has 0 bridgehead atoms. The molecular formula is C16H22O2. The van der Waals surface area contributed by atoms with Crippen LogP contribution >= 0.6 is 0 Å². The molecule has 1 saturated heterocycles. The molecule has 18 heavy (non-hydrogen) atoms. The van der Waals surface area contributed by atoms with Crippen molar-refractivity contribution in [3.8, 4) is 0 Å². The van der Waals surface area contributed by atoms with E-state index in [-0.39, 0.29) is 0 Å². The van der Waals surface area contributed by atoms with Gasteiger partial charge in [0.25, 0.3) is 0 Å². The predicted molar refractivity (Wildman–Crippen MR) is 72.7 cm³/mol. The normalized spacial score (nSPS) is 19.7. The largest absolute Gasteiger partial charge is 0.378 e. The lowest BCUT2D eigenvalue weighted by atomic mass is 9.98. The van der Waals surface area contributed by atoms with Gasteiger partial charge in [0, 0.05) is 19.4 Å². The quantitative estimate of drug-likeness (QED) is 0.795. The Kier molecular flexibility index (Phi) is 4.94. The SMILES string of the molecule is Cc1ccccc1CC(=O)CCC1CCCCO1. The number of hydrogen-bond donors (Lipinski definition) is 0. The van der Waals surface area contributed by atoms with Crippen LogP contribution in [0.15, 0.2) is 24.3 Å². The summed E-state index contributed by atoms with van der Waals surface area (Å²) in [7, 11) is 0. The summed E-state index contributed by atoms with van der Waals surface area (Å²) in [5.74, 6) is 0.332. The van der Waals surface area contributed by atoms with Crippen LogP contribution in [0.3, 0.4) is 0 Å². The second-order valence-electron chi connectivity index (χ2n) is 5.17. The first-order chi connectivity index (χ1) is 8.75. The molecule has 0 aromatic heterocycles. The smallest absolute Gasteiger partial charge is 0.137 e. The summed E-state index contributed by atoms with van der Waals surface area (Å²) in [6.07, 6.45) is 5.98. The maximum Gasteiger partial charge on any atom is 0.137 e. The van der Waals surface area contributed by atoms with Gasteiger partial charge >= 0.3 is 0 Å². The van der Waals surface area contributed by atoms with E-state index >= 15 is 0 Å². The first-order valence-corrected chi connectivity index (χ1v) is 6.93. The van der Waals surface area contributed by atoms with Crippen LogP contribution < -0.4 is 0 Å². The zero-order valence-corrected chi connectivity index (χ0v) is 11.2. The highest BCUT2D eigenvalue weighted by molar-refractivity contribution is 5.81. The molecule has 1 heterocycles. The van der Waals surface area contributed by atoms with Gasteiger partial charge in [-0.2, -0.15) is 0 Å². The van der Waals surface area contributed by atoms with Crippen molar-refractivity contribution in [2.75, 3.05) is 6.61 Å². The molecule has 0 N–H and O–H groups in total. The van der Waals surface area contributed by atoms with Crippen molar-refractivity contribution in [1.29, 1.82) is 0 Å². The third-order valence-electron chi connectivity index (χ3n) is 3.67. The molecule has 1 fully saturated rings. The van der Waals surface area contributed by atoms with Crippen LogP contribution in [0.4, 0.5) is 0 Å². The summed E-state index contributed by atoms with van der Waals surface area (Å²) in [6, 6.07) is 8.12. The standard InChI is InChI=1S/C16H22O2/c1-13-6-2-3-7-14(13)12-15(17)9-10-16-8-4-5-11-18-16/h2-3,6-7,16H,4-5,8-12H2,1H3. The fourth-order valence-corrected chi connectivity index (χ4v) is 2.47. The number of Topliss-reactive ketones (excluding diaryl/α,β-unsaturated/α-hetero) is 1. The molecule has 1 aliphatic heterocycles. The van der Waals surface area contributed by atoms with Gasteiger partial charge in [-0.25, -0.2) is 0 Å². The molecule has 98 valence electrons. The number of carbonyl (C=O) groups excluding carboxylic acids is 1. The molecule has 1 unspecified atom stereocenters. The van der Waals surface area contributed by atoms with Gasteiger partial charge in [-0.05, 0) is 43.7 Å². The number of ether oxygens (including phenoxy) is 1. The van der Waals surface area contributed by atoms with E-state index in [9.17, 15) is 4.79 Å². The second-order valence-corrected chi connectivity index (χ2v) is 5.17. The van der Waals surface area contributed by atoms with Crippen molar-refractivity contribution < 1.29 is 9.53 Å². The first kappa shape index (κ1) is 13.3. The molecule has 2 heteroatoms. The minimum Gasteiger partial charge on any atom is -0.378 e. The van der Waals surface area contributed by atoms with Crippen LogP contribution in [0.5, 0.6) is 0 Å². The lowest BCUT2D eigenvalue weighted by Crippen LogP contribution is -2.20. The van der Waals surface area contributed by atoms with Crippen LogP contribution in [0.2, 0.25) is 0 Å². The highest BCUT2D eigenvalue weighted by atomic mass is 16.5. The van der Waals surface area contributed by atoms with Crippen molar-refractivity contribution in [1.82, 2.24) is 0 Å². The lowest BCUT2D eigenvalue weighted by molar-refractivity contribution is -0.119. The molecule has 1 aromatic carbocycles. The van der Waals surface area contributed by atoms with Gasteiger partial charge in [0.15, 0.2) is 0 Å². The molecule has 1 aromatic rings. The topological polar surface area (TPSA) is 26.3 Å². The number of aryl methyl sites for hydroxylation is 1. The molecule has 2 nitrogen and oxygen atoms in total. The van der Waals surface area contributed by atoms with Gasteiger partial charge in [0.1, 0.15) is 5.78 Å². The van der Waals surface area contributed by atoms with E-state index in [1.165, 1.54) is 18.4 Å². The molecule has 2 rings (SSSR count). The second kappa shape index (κ2) is 6.69. The molecular weight excluding hydrogens is 224 g/mol. The maximum absolute atomic E-state index is 12.0. The number of carbonyl (C=O) groups is 1. The van der Waals surface area contributed by atoms with Gasteiger partial charge in [-0.3, -0.25) is 4.79 Å². The van der Waals surface area contributed by atoms with E-state index < -0.39 is 0 Å². The zero-order valence-electron chi connectivity index (χ0n) is 11.2. The van der Waals surface area contributed by atoms with E-state index in [2.05, 4.69) is 13.0 Å². The fraction of sp³-hybridized carbons (Fsp3) is 0.562. The van der Waals surface area contributed by atoms with E-state index in [0.717, 1.165) is 25.0 Å². The Morgan fingerprint density at radius 1 is 1.33 bits per heavy atom. The Labute approximate surface area is 109 Å². The van der Waals surface area contributed by atoms with E-state index in [1.54, 1.807) is 0 Å². The highest BCUT2D eigenvalue weighted by Crippen LogP contribution is 2.18. The number of ketones is 1. The summed E-state index contributed by atoms with van der Waals surface area (Å²) in [6.45, 7) is 2.93. The van der Waals surface area contributed by atoms with Gasteiger partial charge in [0.05, 0.1) is 6.10 Å². The van der Waals surface area contributed by atoms with Crippen LogP contribution in [-0.4, -0.2) is 18.5 Å². The molecule has 0 spiro atoms. The van der Waals surface area contributed by atoms with Crippen LogP contribution in [-0.2, 0) is 16.0 Å². The van der Waals surface area contributed by atoms with E-state index in [4.69, 9.17) is 4.74 Å². The molecule has 1 atom stereocenters. The van der Waals surface area contributed by atoms with Crippen molar-refractivity contribution in [3.05, 3.63) is 35.4 Å². The van der Waals surface area contributed by atoms with Crippen LogP contribution in [0, 0.1) is 6.92 Å². The van der Waals surface area contributed by atoms with Crippen molar-refractivity contribution in [2.45, 2.75) is 51.6 Å². The van der Waals surface area contributed by atoms with Crippen molar-refractivity contribution in [3.63, 3.8) is 0 Å². The summed E-state index contributed by atoms with van der Waals surface area (Å²) in [5, 5.41) is 0. The maximum atomic E-state index is 12.0. The number of rotatable bonds is 5. The summed E-state index contributed by atoms with van der Waals surface area (Å²) < 4.78 is 5.65. The van der Waals surface area contributed by atoms with Gasteiger partial charge in [-0.15, -0.1) is 0 Å². The van der Waals surface area contributed by atoms with Gasteiger partial charge in [-0.1, -0.05) is 24.3 Å². The molecule has 0 radical (unpaired) electrons. The van der Waals surface area contributed by atoms with Gasteiger partial charge < -0.3 is 4.74 Å². The third kappa shape index (κ3) is 3.95. The summed E-state index contributed by atoms with van der Waals surface area (Å²) >= 11 is 0. The summed E-state index contributed by atoms with van der Waals surface area (Å²) in [4.78, 5) is 12.0. The molecule has 1 aliphatic rings. The Bertz CT molecular complexity index is 392. The van der Waals surface area contributed by atoms with E-state index in [1.807, 2.05) is 18.2 Å². The highest BCUT2D eigenvalue weighted by Gasteiger charge is 2.15. The zero-order chi connectivity index (χ0) is 12.8. The average molecular weight is 246 g/mol. The van der Waals surface area contributed by atoms with Crippen molar-refractivity contribution in [2.24, 2.45) is 0 Å². The minimum atomic E-state index is 0.319. The number of hydrogen-bond acceptors (Lipinski definition) is 2. The fourth-order valence-electron chi connectivity index (χ4n) is 2.47. The van der Waals surface area contributed by atoms with Gasteiger partial charge in [0.2, 0.25) is 0 Å². The molecule has 0 saturated carbocycles. The van der Waals surface area contributed by atoms with Crippen LogP contribution in [0.25, 0.3) is 0 Å². The Hall–Kier alpha value is -1.15. The van der Waals surface area contributed by atoms with Crippen LogP contribution in [0.1, 0.15) is 43.2 Å². The van der Waals surface area contributed by atoms with Crippen molar-refractivity contribution >= 4 is 5.78 Å². The Morgan fingerprint density at radius 2 is 2.17 bits per heavy atom. The monoisotopic (exact) mass is 246 g/mol. The Balaban J connectivity index is 1.76.